The van der Waals surface area contributed by atoms with E-state index in [4.69, 9.17) is 0 Å². The number of carbonyl (C=O) groups excluding carboxylic acids is 1. The molecule has 0 aliphatic heterocycles. The molecule has 1 heterocycles. The summed E-state index contributed by atoms with van der Waals surface area (Å²) in [6, 6.07) is 2.22. The molecule has 3 nitrogen and oxygen atoms in total. The summed E-state index contributed by atoms with van der Waals surface area (Å²) >= 11 is 0. The molecule has 0 fully saturated rings. The lowest BCUT2D eigenvalue weighted by atomic mass is 9.89. The van der Waals surface area contributed by atoms with Crippen molar-refractivity contribution in [1.29, 1.82) is 0 Å². The highest BCUT2D eigenvalue weighted by atomic mass is 16.1. The molecule has 14 heavy (non-hydrogen) atoms. The molecule has 74 valence electrons. The quantitative estimate of drug-likeness (QED) is 0.730. The van der Waals surface area contributed by atoms with Gasteiger partial charge in [-0.15, -0.1) is 0 Å². The number of hydrogen-bond acceptors (Lipinski definition) is 2. The van der Waals surface area contributed by atoms with Gasteiger partial charge in [-0.2, -0.15) is 0 Å². The van der Waals surface area contributed by atoms with Crippen LogP contribution in [0, 0.1) is 0 Å². The Hall–Kier alpha value is -1.38. The average molecular weight is 190 g/mol. The van der Waals surface area contributed by atoms with Crippen LogP contribution in [0.2, 0.25) is 0 Å². The maximum Gasteiger partial charge on any atom is 0.217 e. The van der Waals surface area contributed by atoms with Crippen LogP contribution in [0.15, 0.2) is 18.5 Å². The molecule has 0 saturated carbocycles. The number of nitrogens with one attached hydrogen (secondary N) is 1. The van der Waals surface area contributed by atoms with E-state index in [2.05, 4.69) is 10.3 Å². The van der Waals surface area contributed by atoms with Gasteiger partial charge in [0.25, 0.3) is 0 Å². The summed E-state index contributed by atoms with van der Waals surface area (Å²) in [6.07, 6.45) is 6.96. The fourth-order valence-corrected chi connectivity index (χ4v) is 2.02. The zero-order valence-electron chi connectivity index (χ0n) is 8.29. The van der Waals surface area contributed by atoms with Gasteiger partial charge in [0.05, 0.1) is 6.04 Å². The van der Waals surface area contributed by atoms with E-state index in [0.717, 1.165) is 19.3 Å². The van der Waals surface area contributed by atoms with Crippen molar-refractivity contribution in [2.24, 2.45) is 0 Å². The van der Waals surface area contributed by atoms with Gasteiger partial charge in [0.1, 0.15) is 0 Å². The maximum atomic E-state index is 11.0. The van der Waals surface area contributed by atoms with Crippen molar-refractivity contribution < 1.29 is 4.79 Å². The summed E-state index contributed by atoms with van der Waals surface area (Å²) in [6.45, 7) is 1.56. The monoisotopic (exact) mass is 190 g/mol. The van der Waals surface area contributed by atoms with Gasteiger partial charge in [-0.1, -0.05) is 0 Å². The van der Waals surface area contributed by atoms with Gasteiger partial charge in [-0.3, -0.25) is 9.78 Å². The van der Waals surface area contributed by atoms with Crippen LogP contribution in [-0.2, 0) is 11.2 Å². The summed E-state index contributed by atoms with van der Waals surface area (Å²) < 4.78 is 0. The highest BCUT2D eigenvalue weighted by Gasteiger charge is 2.20. The second-order valence-corrected chi connectivity index (χ2v) is 3.72. The summed E-state index contributed by atoms with van der Waals surface area (Å²) in [5, 5.41) is 2.96. The van der Waals surface area contributed by atoms with Crippen molar-refractivity contribution in [3.63, 3.8) is 0 Å². The van der Waals surface area contributed by atoms with E-state index < -0.39 is 0 Å². The molecule has 0 unspecified atom stereocenters. The Kier molecular flexibility index (Phi) is 2.48. The third kappa shape index (κ3) is 1.76. The van der Waals surface area contributed by atoms with Crippen molar-refractivity contribution in [2.75, 3.05) is 0 Å². The molecule has 1 atom stereocenters. The average Bonchev–Trinajstić information content (AvgIpc) is 2.18. The molecular formula is C11H14N2O. The lowest BCUT2D eigenvalue weighted by Crippen LogP contribution is -2.29. The first-order chi connectivity index (χ1) is 6.77. The van der Waals surface area contributed by atoms with Crippen LogP contribution in [-0.4, -0.2) is 10.9 Å². The molecule has 0 bridgehead atoms. The first-order valence-electron chi connectivity index (χ1n) is 4.97. The van der Waals surface area contributed by atoms with E-state index in [1.54, 1.807) is 6.92 Å². The zero-order valence-corrected chi connectivity index (χ0v) is 8.29. The Labute approximate surface area is 83.5 Å². The molecule has 0 aromatic carbocycles. The number of aromatic nitrogens is 1. The van der Waals surface area contributed by atoms with E-state index in [-0.39, 0.29) is 11.9 Å². The van der Waals surface area contributed by atoms with Gasteiger partial charge in [0.2, 0.25) is 5.91 Å². The molecule has 0 saturated heterocycles. The molecule has 3 heteroatoms. The first-order valence-corrected chi connectivity index (χ1v) is 4.97. The van der Waals surface area contributed by atoms with E-state index >= 15 is 0 Å². The Balaban J connectivity index is 2.26. The zero-order chi connectivity index (χ0) is 9.97. The normalized spacial score (nSPS) is 19.9. The number of nitrogens with zero attached hydrogens (tertiary/aromatic N) is 1. The van der Waals surface area contributed by atoms with Crippen molar-refractivity contribution in [3.05, 3.63) is 29.6 Å². The van der Waals surface area contributed by atoms with Gasteiger partial charge in [0.15, 0.2) is 0 Å². The fraction of sp³-hybridized carbons (Fsp3) is 0.455. The first kappa shape index (κ1) is 9.19. The third-order valence-electron chi connectivity index (χ3n) is 2.64. The van der Waals surface area contributed by atoms with Gasteiger partial charge in [0, 0.05) is 19.3 Å². The number of carbonyl (C=O) groups is 1. The topological polar surface area (TPSA) is 42.0 Å². The van der Waals surface area contributed by atoms with Crippen LogP contribution in [0.25, 0.3) is 0 Å². The molecule has 1 aromatic rings. The number of pyridine rings is 1. The number of fused-ring (bicyclic) bond motifs is 1. The largest absolute Gasteiger partial charge is 0.349 e. The smallest absolute Gasteiger partial charge is 0.217 e. The molecule has 2 rings (SSSR count). The molecular weight excluding hydrogens is 176 g/mol. The summed E-state index contributed by atoms with van der Waals surface area (Å²) in [5.74, 6) is 0.0340. The van der Waals surface area contributed by atoms with Crippen LogP contribution in [0.1, 0.15) is 36.9 Å². The molecule has 1 aromatic heterocycles. The number of rotatable bonds is 1. The van der Waals surface area contributed by atoms with Gasteiger partial charge in [-0.05, 0) is 36.5 Å². The van der Waals surface area contributed by atoms with Crippen molar-refractivity contribution >= 4 is 5.91 Å². The molecule has 1 aliphatic carbocycles. The van der Waals surface area contributed by atoms with Gasteiger partial charge in [-0.25, -0.2) is 0 Å². The van der Waals surface area contributed by atoms with Crippen LogP contribution in [0.3, 0.4) is 0 Å². The maximum absolute atomic E-state index is 11.0. The predicted octanol–water partition coefficient (Wildman–Crippen LogP) is 1.60. The van der Waals surface area contributed by atoms with Crippen LogP contribution >= 0.6 is 0 Å². The van der Waals surface area contributed by atoms with E-state index in [1.165, 1.54) is 11.1 Å². The van der Waals surface area contributed by atoms with Crippen LogP contribution in [0.5, 0.6) is 0 Å². The Bertz CT molecular complexity index is 349. The second kappa shape index (κ2) is 3.78. The Morgan fingerprint density at radius 1 is 1.64 bits per heavy atom. The van der Waals surface area contributed by atoms with E-state index in [0.29, 0.717) is 0 Å². The van der Waals surface area contributed by atoms with E-state index in [9.17, 15) is 4.79 Å². The van der Waals surface area contributed by atoms with Crippen LogP contribution in [0.4, 0.5) is 0 Å². The molecule has 0 radical (unpaired) electrons. The number of aryl methyl sites for hydroxylation is 1. The minimum Gasteiger partial charge on any atom is -0.349 e. The molecule has 1 aliphatic rings. The molecule has 1 amide bonds. The van der Waals surface area contributed by atoms with Gasteiger partial charge >= 0.3 is 0 Å². The number of hydrogen-bond donors (Lipinski definition) is 1. The van der Waals surface area contributed by atoms with Crippen molar-refractivity contribution in [3.8, 4) is 0 Å². The Morgan fingerprint density at radius 2 is 2.50 bits per heavy atom. The molecule has 1 N–H and O–H groups in total. The summed E-state index contributed by atoms with van der Waals surface area (Å²) in [7, 11) is 0. The predicted molar refractivity (Wildman–Crippen MR) is 53.7 cm³/mol. The van der Waals surface area contributed by atoms with Crippen molar-refractivity contribution in [2.45, 2.75) is 32.2 Å². The lowest BCUT2D eigenvalue weighted by molar-refractivity contribution is -0.119. The summed E-state index contributed by atoms with van der Waals surface area (Å²) in [5.41, 5.74) is 2.51. The third-order valence-corrected chi connectivity index (χ3v) is 2.64. The minimum atomic E-state index is 0.0340. The second-order valence-electron chi connectivity index (χ2n) is 3.72. The number of amides is 1. The Morgan fingerprint density at radius 3 is 3.29 bits per heavy atom. The van der Waals surface area contributed by atoms with Crippen molar-refractivity contribution in [1.82, 2.24) is 10.3 Å². The van der Waals surface area contributed by atoms with Gasteiger partial charge < -0.3 is 5.32 Å². The summed E-state index contributed by atoms with van der Waals surface area (Å²) in [4.78, 5) is 15.1. The lowest BCUT2D eigenvalue weighted by Gasteiger charge is -2.25. The van der Waals surface area contributed by atoms with Crippen LogP contribution < -0.4 is 5.32 Å². The SMILES string of the molecule is CC(=O)N[C@H]1CCCc2ccncc21. The highest BCUT2D eigenvalue weighted by Crippen LogP contribution is 2.28. The minimum absolute atomic E-state index is 0.0340. The van der Waals surface area contributed by atoms with E-state index in [1.807, 2.05) is 18.5 Å². The molecule has 0 spiro atoms. The highest BCUT2D eigenvalue weighted by molar-refractivity contribution is 5.73. The fourth-order valence-electron chi connectivity index (χ4n) is 2.02. The standard InChI is InChI=1S/C11H14N2O/c1-8(14)13-11-4-2-3-9-5-6-12-7-10(9)11/h5-7,11H,2-4H2,1H3,(H,13,14)/t11-/m0/s1.